The lowest BCUT2D eigenvalue weighted by Crippen LogP contribution is -2.15. The minimum atomic E-state index is 0.728. The molecule has 17 heavy (non-hydrogen) atoms. The average molecular weight is 271 g/mol. The topological polar surface area (TPSA) is 42.7 Å². The molecule has 0 aliphatic heterocycles. The molecule has 2 heterocycles. The molecule has 1 N–H and O–H groups in total. The van der Waals surface area contributed by atoms with Gasteiger partial charge in [0.2, 0.25) is 0 Å². The van der Waals surface area contributed by atoms with E-state index in [2.05, 4.69) is 22.3 Å². The van der Waals surface area contributed by atoms with Crippen molar-refractivity contribution in [2.75, 3.05) is 0 Å². The first kappa shape index (κ1) is 12.5. The van der Waals surface area contributed by atoms with Gasteiger partial charge in [0.25, 0.3) is 0 Å². The molecule has 0 bridgehead atoms. The highest BCUT2D eigenvalue weighted by Crippen LogP contribution is 2.20. The maximum atomic E-state index is 6.22. The van der Waals surface area contributed by atoms with Crippen LogP contribution in [0.25, 0.3) is 0 Å². The monoisotopic (exact) mass is 270 g/mol. The lowest BCUT2D eigenvalue weighted by molar-refractivity contribution is 0.580. The quantitative estimate of drug-likeness (QED) is 0.908. The van der Waals surface area contributed by atoms with Crippen molar-refractivity contribution in [2.24, 2.45) is 0 Å². The van der Waals surface area contributed by atoms with Gasteiger partial charge in [0.15, 0.2) is 0 Å². The van der Waals surface area contributed by atoms with E-state index in [1.807, 2.05) is 23.3 Å². The van der Waals surface area contributed by atoms with Gasteiger partial charge < -0.3 is 5.32 Å². The summed E-state index contributed by atoms with van der Waals surface area (Å²) < 4.78 is 1.94. The fourth-order valence-corrected chi connectivity index (χ4v) is 2.44. The van der Waals surface area contributed by atoms with Crippen LogP contribution >= 0.6 is 22.9 Å². The van der Waals surface area contributed by atoms with Crippen LogP contribution in [0.5, 0.6) is 0 Å². The fraction of sp³-hybridized carbons (Fsp3) is 0.455. The highest BCUT2D eigenvalue weighted by Gasteiger charge is 2.11. The molecule has 0 aliphatic rings. The second-order valence-corrected chi connectivity index (χ2v) is 5.08. The third-order valence-corrected chi connectivity index (χ3v) is 3.80. The van der Waals surface area contributed by atoms with E-state index < -0.39 is 0 Å². The van der Waals surface area contributed by atoms with Crippen LogP contribution in [0.4, 0.5) is 0 Å². The SMILES string of the molecule is CCn1nc(C)c(Cl)c1CNCc1cncs1. The summed E-state index contributed by atoms with van der Waals surface area (Å²) >= 11 is 7.87. The van der Waals surface area contributed by atoms with Crippen LogP contribution in [0.2, 0.25) is 5.02 Å². The van der Waals surface area contributed by atoms with Crippen LogP contribution in [-0.4, -0.2) is 14.8 Å². The zero-order valence-electron chi connectivity index (χ0n) is 9.90. The van der Waals surface area contributed by atoms with Crippen LogP contribution in [0.1, 0.15) is 23.2 Å². The van der Waals surface area contributed by atoms with Gasteiger partial charge in [-0.05, 0) is 13.8 Å². The molecule has 2 aromatic rings. The number of thiazole rings is 1. The molecule has 2 aromatic heterocycles. The summed E-state index contributed by atoms with van der Waals surface area (Å²) in [7, 11) is 0. The zero-order chi connectivity index (χ0) is 12.3. The second-order valence-electron chi connectivity index (χ2n) is 3.73. The summed E-state index contributed by atoms with van der Waals surface area (Å²) in [4.78, 5) is 5.26. The van der Waals surface area contributed by atoms with Gasteiger partial charge in [0.1, 0.15) is 0 Å². The summed E-state index contributed by atoms with van der Waals surface area (Å²) in [6.45, 7) is 6.38. The lowest BCUT2D eigenvalue weighted by Gasteiger charge is -2.06. The van der Waals surface area contributed by atoms with Crippen LogP contribution < -0.4 is 5.32 Å². The van der Waals surface area contributed by atoms with Gasteiger partial charge in [-0.1, -0.05) is 11.6 Å². The number of aryl methyl sites for hydroxylation is 2. The van der Waals surface area contributed by atoms with Crippen molar-refractivity contribution in [3.8, 4) is 0 Å². The molecule has 6 heteroatoms. The van der Waals surface area contributed by atoms with Gasteiger partial charge in [-0.15, -0.1) is 11.3 Å². The van der Waals surface area contributed by atoms with Crippen molar-refractivity contribution in [1.82, 2.24) is 20.1 Å². The highest BCUT2D eigenvalue weighted by atomic mass is 35.5. The van der Waals surface area contributed by atoms with Crippen LogP contribution in [0.15, 0.2) is 11.7 Å². The Hall–Kier alpha value is -0.910. The molecule has 0 spiro atoms. The van der Waals surface area contributed by atoms with E-state index in [4.69, 9.17) is 11.6 Å². The van der Waals surface area contributed by atoms with E-state index in [1.54, 1.807) is 11.3 Å². The first-order valence-electron chi connectivity index (χ1n) is 5.52. The van der Waals surface area contributed by atoms with Gasteiger partial charge >= 0.3 is 0 Å². The number of hydrogen-bond acceptors (Lipinski definition) is 4. The molecule has 0 radical (unpaired) electrons. The Morgan fingerprint density at radius 1 is 1.47 bits per heavy atom. The van der Waals surface area contributed by atoms with E-state index in [9.17, 15) is 0 Å². The predicted octanol–water partition coefficient (Wildman–Crippen LogP) is 2.61. The highest BCUT2D eigenvalue weighted by molar-refractivity contribution is 7.09. The van der Waals surface area contributed by atoms with Crippen molar-refractivity contribution >= 4 is 22.9 Å². The Kier molecular flexibility index (Phi) is 4.15. The molecule has 0 saturated carbocycles. The van der Waals surface area contributed by atoms with Crippen molar-refractivity contribution in [3.05, 3.63) is 33.0 Å². The Morgan fingerprint density at radius 3 is 2.94 bits per heavy atom. The molecular formula is C11H15ClN4S. The van der Waals surface area contributed by atoms with Crippen molar-refractivity contribution in [2.45, 2.75) is 33.5 Å². The predicted molar refractivity (Wildman–Crippen MR) is 70.3 cm³/mol. The third kappa shape index (κ3) is 2.86. The number of halogens is 1. The van der Waals surface area contributed by atoms with Crippen molar-refractivity contribution < 1.29 is 0 Å². The summed E-state index contributed by atoms with van der Waals surface area (Å²) in [5.74, 6) is 0. The molecule has 0 aromatic carbocycles. The molecule has 92 valence electrons. The summed E-state index contributed by atoms with van der Waals surface area (Å²) in [6, 6.07) is 0. The normalized spacial score (nSPS) is 11.0. The Balaban J connectivity index is 1.98. The molecule has 2 rings (SSSR count). The lowest BCUT2D eigenvalue weighted by atomic mass is 10.3. The maximum absolute atomic E-state index is 6.22. The molecular weight excluding hydrogens is 256 g/mol. The van der Waals surface area contributed by atoms with Gasteiger partial charge in [-0.3, -0.25) is 9.67 Å². The summed E-state index contributed by atoms with van der Waals surface area (Å²) in [6.07, 6.45) is 1.88. The third-order valence-electron chi connectivity index (χ3n) is 2.53. The Morgan fingerprint density at radius 2 is 2.29 bits per heavy atom. The number of rotatable bonds is 5. The molecule has 4 nitrogen and oxygen atoms in total. The summed E-state index contributed by atoms with van der Waals surface area (Å²) in [5, 5.41) is 8.50. The first-order chi connectivity index (χ1) is 8.22. The average Bonchev–Trinajstić information content (AvgIpc) is 2.92. The maximum Gasteiger partial charge on any atom is 0.0860 e. The summed E-state index contributed by atoms with van der Waals surface area (Å²) in [5.41, 5.74) is 3.78. The zero-order valence-corrected chi connectivity index (χ0v) is 11.5. The van der Waals surface area contributed by atoms with E-state index in [1.165, 1.54) is 4.88 Å². The molecule has 0 unspecified atom stereocenters. The standard InChI is InChI=1S/C11H15ClN4S/c1-3-16-10(11(12)8(2)15-16)6-13-4-9-5-14-7-17-9/h5,7,13H,3-4,6H2,1-2H3. The van der Waals surface area contributed by atoms with E-state index >= 15 is 0 Å². The molecule has 0 saturated heterocycles. The van der Waals surface area contributed by atoms with Crippen molar-refractivity contribution in [1.29, 1.82) is 0 Å². The van der Waals surface area contributed by atoms with Crippen LogP contribution in [-0.2, 0) is 19.6 Å². The van der Waals surface area contributed by atoms with Gasteiger partial charge in [-0.25, -0.2) is 0 Å². The number of aromatic nitrogens is 3. The molecule has 0 aliphatic carbocycles. The largest absolute Gasteiger partial charge is 0.306 e. The van der Waals surface area contributed by atoms with Gasteiger partial charge in [0, 0.05) is 30.7 Å². The van der Waals surface area contributed by atoms with Gasteiger partial charge in [-0.2, -0.15) is 5.10 Å². The minimum Gasteiger partial charge on any atom is -0.306 e. The Bertz CT molecular complexity index is 478. The fourth-order valence-electron chi connectivity index (χ4n) is 1.67. The molecule has 0 fully saturated rings. The number of nitrogens with zero attached hydrogens (tertiary/aromatic N) is 3. The first-order valence-corrected chi connectivity index (χ1v) is 6.78. The smallest absolute Gasteiger partial charge is 0.0860 e. The van der Waals surface area contributed by atoms with Crippen LogP contribution in [0.3, 0.4) is 0 Å². The second kappa shape index (κ2) is 5.62. The van der Waals surface area contributed by atoms with Gasteiger partial charge in [0.05, 0.1) is 21.9 Å². The Labute approximate surface area is 110 Å². The van der Waals surface area contributed by atoms with Crippen LogP contribution in [0, 0.1) is 6.92 Å². The number of hydrogen-bond donors (Lipinski definition) is 1. The van der Waals surface area contributed by atoms with E-state index in [-0.39, 0.29) is 0 Å². The van der Waals surface area contributed by atoms with E-state index in [0.29, 0.717) is 0 Å². The molecule has 0 amide bonds. The minimum absolute atomic E-state index is 0.728. The number of nitrogens with one attached hydrogen (secondary N) is 1. The van der Waals surface area contributed by atoms with E-state index in [0.717, 1.165) is 36.0 Å². The molecule has 0 atom stereocenters. The van der Waals surface area contributed by atoms with Crippen molar-refractivity contribution in [3.63, 3.8) is 0 Å².